The van der Waals surface area contributed by atoms with Crippen LogP contribution in [0.4, 0.5) is 0 Å². The first-order valence-electron chi connectivity index (χ1n) is 5.86. The predicted octanol–water partition coefficient (Wildman–Crippen LogP) is 1.72. The highest BCUT2D eigenvalue weighted by molar-refractivity contribution is 7.80. The number of nitrogens with one attached hydrogen (secondary N) is 1. The van der Waals surface area contributed by atoms with E-state index >= 15 is 0 Å². The van der Waals surface area contributed by atoms with Crippen molar-refractivity contribution < 1.29 is 4.79 Å². The fraction of sp³-hybridized carbons (Fsp3) is 0.909. The summed E-state index contributed by atoms with van der Waals surface area (Å²) < 4.78 is 0. The number of nitrogens with two attached hydrogens (primary N) is 1. The van der Waals surface area contributed by atoms with Gasteiger partial charge in [-0.25, -0.2) is 0 Å². The van der Waals surface area contributed by atoms with Crippen molar-refractivity contribution >= 4 is 18.5 Å². The second-order valence-electron chi connectivity index (χ2n) is 3.85. The number of hydrogen-bond acceptors (Lipinski definition) is 3. The van der Waals surface area contributed by atoms with Crippen LogP contribution in [0.5, 0.6) is 0 Å². The molecule has 15 heavy (non-hydrogen) atoms. The molecule has 4 heteroatoms. The summed E-state index contributed by atoms with van der Waals surface area (Å²) >= 11 is 3.97. The van der Waals surface area contributed by atoms with Crippen molar-refractivity contribution in [3.05, 3.63) is 0 Å². The molecular formula is C11H24N2OS. The largest absolute Gasteiger partial charge is 0.355 e. The van der Waals surface area contributed by atoms with Gasteiger partial charge in [0.05, 0.1) is 6.04 Å². The van der Waals surface area contributed by atoms with Crippen molar-refractivity contribution in [1.29, 1.82) is 0 Å². The minimum atomic E-state index is -0.464. The molecule has 0 unspecified atom stereocenters. The molecule has 0 rings (SSSR count). The summed E-state index contributed by atoms with van der Waals surface area (Å²) in [6.45, 7) is 2.95. The summed E-state index contributed by atoms with van der Waals surface area (Å²) in [4.78, 5) is 11.2. The van der Waals surface area contributed by atoms with Crippen molar-refractivity contribution in [1.82, 2.24) is 5.32 Å². The van der Waals surface area contributed by atoms with E-state index in [1.165, 1.54) is 32.1 Å². The first-order chi connectivity index (χ1) is 7.22. The molecule has 1 atom stereocenters. The van der Waals surface area contributed by atoms with Gasteiger partial charge in [-0.3, -0.25) is 4.79 Å². The molecule has 0 spiro atoms. The number of unbranched alkanes of at least 4 members (excludes halogenated alkanes) is 5. The molecule has 0 bridgehead atoms. The van der Waals surface area contributed by atoms with E-state index in [1.54, 1.807) is 0 Å². The summed E-state index contributed by atoms with van der Waals surface area (Å²) in [5.74, 6) is 0.320. The van der Waals surface area contributed by atoms with Gasteiger partial charge in [0.2, 0.25) is 5.91 Å². The van der Waals surface area contributed by atoms with E-state index in [0.717, 1.165) is 13.0 Å². The predicted molar refractivity (Wildman–Crippen MR) is 68.2 cm³/mol. The van der Waals surface area contributed by atoms with Gasteiger partial charge >= 0.3 is 0 Å². The zero-order valence-electron chi connectivity index (χ0n) is 9.67. The number of carbonyl (C=O) groups is 1. The van der Waals surface area contributed by atoms with Crippen LogP contribution in [-0.2, 0) is 4.79 Å². The quantitative estimate of drug-likeness (QED) is 0.419. The van der Waals surface area contributed by atoms with Gasteiger partial charge in [-0.05, 0) is 6.42 Å². The van der Waals surface area contributed by atoms with E-state index in [-0.39, 0.29) is 5.91 Å². The molecule has 1 amide bonds. The summed E-state index contributed by atoms with van der Waals surface area (Å²) in [5, 5.41) is 2.81. The third-order valence-corrected chi connectivity index (χ3v) is 2.76. The standard InChI is InChI=1S/C11H24N2OS/c1-2-3-4-5-6-7-8-13-11(14)10(12)9-15/h10,15H,2-9,12H2,1H3,(H,13,14)/t10-/m0/s1. The lowest BCUT2D eigenvalue weighted by molar-refractivity contribution is -0.121. The van der Waals surface area contributed by atoms with Crippen LogP contribution in [0.25, 0.3) is 0 Å². The zero-order chi connectivity index (χ0) is 11.5. The molecule has 0 saturated carbocycles. The fourth-order valence-corrected chi connectivity index (χ4v) is 1.50. The smallest absolute Gasteiger partial charge is 0.237 e. The van der Waals surface area contributed by atoms with E-state index in [1.807, 2.05) is 0 Å². The molecular weight excluding hydrogens is 208 g/mol. The lowest BCUT2D eigenvalue weighted by Crippen LogP contribution is -2.42. The lowest BCUT2D eigenvalue weighted by atomic mass is 10.1. The Morgan fingerprint density at radius 3 is 2.47 bits per heavy atom. The molecule has 0 fully saturated rings. The molecule has 0 radical (unpaired) electrons. The van der Waals surface area contributed by atoms with Crippen molar-refractivity contribution in [3.8, 4) is 0 Å². The first-order valence-corrected chi connectivity index (χ1v) is 6.49. The Morgan fingerprint density at radius 1 is 1.27 bits per heavy atom. The van der Waals surface area contributed by atoms with Gasteiger partial charge < -0.3 is 11.1 Å². The topological polar surface area (TPSA) is 55.1 Å². The number of thiol groups is 1. The van der Waals surface area contributed by atoms with Crippen molar-refractivity contribution in [2.24, 2.45) is 5.73 Å². The summed E-state index contributed by atoms with van der Waals surface area (Å²) in [6, 6.07) is -0.464. The van der Waals surface area contributed by atoms with Crippen molar-refractivity contribution in [3.63, 3.8) is 0 Å². The third kappa shape index (κ3) is 8.75. The zero-order valence-corrected chi connectivity index (χ0v) is 10.6. The van der Waals surface area contributed by atoms with Gasteiger partial charge in [-0.1, -0.05) is 39.0 Å². The van der Waals surface area contributed by atoms with E-state index in [0.29, 0.717) is 5.75 Å². The second kappa shape index (κ2) is 10.3. The van der Waals surface area contributed by atoms with E-state index in [2.05, 4.69) is 24.9 Å². The van der Waals surface area contributed by atoms with Gasteiger partial charge in [0.15, 0.2) is 0 Å². The van der Waals surface area contributed by atoms with Gasteiger partial charge in [-0.2, -0.15) is 12.6 Å². The van der Waals surface area contributed by atoms with Crippen LogP contribution in [0.3, 0.4) is 0 Å². The SMILES string of the molecule is CCCCCCCCNC(=O)[C@@H](N)CS. The fourth-order valence-electron chi connectivity index (χ4n) is 1.33. The monoisotopic (exact) mass is 232 g/mol. The number of hydrogen-bond donors (Lipinski definition) is 3. The van der Waals surface area contributed by atoms with E-state index in [9.17, 15) is 4.79 Å². The molecule has 0 saturated heterocycles. The maximum Gasteiger partial charge on any atom is 0.237 e. The molecule has 3 nitrogen and oxygen atoms in total. The Bertz CT molecular complexity index is 165. The highest BCUT2D eigenvalue weighted by Gasteiger charge is 2.09. The summed E-state index contributed by atoms with van der Waals surface area (Å²) in [5.41, 5.74) is 5.51. The summed E-state index contributed by atoms with van der Waals surface area (Å²) in [7, 11) is 0. The molecule has 0 aliphatic heterocycles. The van der Waals surface area contributed by atoms with Crippen LogP contribution in [0, 0.1) is 0 Å². The molecule has 0 aromatic carbocycles. The maximum atomic E-state index is 11.2. The van der Waals surface area contributed by atoms with Crippen LogP contribution in [0.15, 0.2) is 0 Å². The maximum absolute atomic E-state index is 11.2. The molecule has 0 aliphatic carbocycles. The summed E-state index contributed by atoms with van der Waals surface area (Å²) in [6.07, 6.45) is 7.40. The van der Waals surface area contributed by atoms with Gasteiger partial charge in [0.1, 0.15) is 0 Å². The Morgan fingerprint density at radius 2 is 1.87 bits per heavy atom. The Balaban J connectivity index is 3.20. The number of amides is 1. The highest BCUT2D eigenvalue weighted by atomic mass is 32.1. The number of carbonyl (C=O) groups excluding carboxylic acids is 1. The second-order valence-corrected chi connectivity index (χ2v) is 4.21. The average Bonchev–Trinajstić information content (AvgIpc) is 2.26. The van der Waals surface area contributed by atoms with Crippen LogP contribution in [-0.4, -0.2) is 24.2 Å². The highest BCUT2D eigenvalue weighted by Crippen LogP contribution is 2.03. The first kappa shape index (κ1) is 14.8. The normalized spacial score (nSPS) is 12.5. The van der Waals surface area contributed by atoms with Crippen LogP contribution >= 0.6 is 12.6 Å². The van der Waals surface area contributed by atoms with Crippen LogP contribution in [0.1, 0.15) is 45.4 Å². The minimum Gasteiger partial charge on any atom is -0.355 e. The molecule has 3 N–H and O–H groups in total. The van der Waals surface area contributed by atoms with Crippen molar-refractivity contribution in [2.75, 3.05) is 12.3 Å². The molecule has 90 valence electrons. The third-order valence-electron chi connectivity index (χ3n) is 2.36. The Labute approximate surface area is 98.6 Å². The Kier molecular flexibility index (Phi) is 10.2. The minimum absolute atomic E-state index is 0.0847. The van der Waals surface area contributed by atoms with Crippen molar-refractivity contribution in [2.45, 2.75) is 51.5 Å². The Hall–Kier alpha value is -0.220. The lowest BCUT2D eigenvalue weighted by Gasteiger charge is -2.09. The van der Waals surface area contributed by atoms with Gasteiger partial charge in [0, 0.05) is 12.3 Å². The average molecular weight is 232 g/mol. The molecule has 0 aromatic heterocycles. The molecule has 0 aromatic rings. The van der Waals surface area contributed by atoms with E-state index in [4.69, 9.17) is 5.73 Å². The van der Waals surface area contributed by atoms with Crippen LogP contribution < -0.4 is 11.1 Å². The van der Waals surface area contributed by atoms with Gasteiger partial charge in [-0.15, -0.1) is 0 Å². The molecule has 0 heterocycles. The van der Waals surface area contributed by atoms with Crippen LogP contribution in [0.2, 0.25) is 0 Å². The van der Waals surface area contributed by atoms with E-state index < -0.39 is 6.04 Å². The number of rotatable bonds is 9. The van der Waals surface area contributed by atoms with Gasteiger partial charge in [0.25, 0.3) is 0 Å². The molecule has 0 aliphatic rings.